The zero-order valence-electron chi connectivity index (χ0n) is 11.4. The third kappa shape index (κ3) is 29.7. The third-order valence-electron chi connectivity index (χ3n) is 2.66. The highest BCUT2D eigenvalue weighted by Crippen LogP contribution is 2.15. The summed E-state index contributed by atoms with van der Waals surface area (Å²) in [6.07, 6.45) is 10.4. The molecule has 0 aliphatic heterocycles. The molecule has 0 heterocycles. The maximum Gasteiger partial charge on any atom is 0.0431 e. The Kier molecular flexibility index (Phi) is 14.9. The molecule has 5 nitrogen and oxygen atoms in total. The number of hydrogen-bond acceptors (Lipinski definition) is 5. The first-order chi connectivity index (χ1) is 8.31. The predicted molar refractivity (Wildman–Crippen MR) is 69.3 cm³/mol. The van der Waals surface area contributed by atoms with Crippen LogP contribution in [0, 0.1) is 5.92 Å². The Labute approximate surface area is 111 Å². The molecule has 1 atom stereocenters. The number of aliphatic hydroxyl groups is 1. The topological polar surface area (TPSA) is 100 Å². The largest absolute Gasteiger partial charge is 0.759 e. The van der Waals surface area contributed by atoms with Crippen molar-refractivity contribution in [3.63, 3.8) is 0 Å². The van der Waals surface area contributed by atoms with Crippen LogP contribution in [-0.4, -0.2) is 29.2 Å². The molecule has 0 aromatic heterocycles. The number of rotatable bonds is 9. The second-order valence-electron chi connectivity index (χ2n) is 4.58. The molecule has 0 fully saturated rings. The summed E-state index contributed by atoms with van der Waals surface area (Å²) in [6, 6.07) is 0. The normalized spacial score (nSPS) is 12.7. The second-order valence-corrected chi connectivity index (χ2v) is 5.40. The third-order valence-corrected chi connectivity index (χ3v) is 2.66. The van der Waals surface area contributed by atoms with Crippen LogP contribution in [0.4, 0.5) is 0 Å². The van der Waals surface area contributed by atoms with Gasteiger partial charge >= 0.3 is 0 Å². The highest BCUT2D eigenvalue weighted by atomic mass is 32.3. The fourth-order valence-corrected chi connectivity index (χ4v) is 1.67. The van der Waals surface area contributed by atoms with Crippen molar-refractivity contribution < 1.29 is 22.6 Å². The zero-order chi connectivity index (χ0) is 14.4. The average molecular weight is 282 g/mol. The predicted octanol–water partition coefficient (Wildman–Crippen LogP) is 2.42. The summed E-state index contributed by atoms with van der Waals surface area (Å²) in [5.74, 6) is 0.864. The molecule has 0 aliphatic carbocycles. The van der Waals surface area contributed by atoms with Gasteiger partial charge in [-0.3, -0.25) is 8.42 Å². The molecule has 18 heavy (non-hydrogen) atoms. The smallest absolute Gasteiger partial charge is 0.0431 e. The lowest BCUT2D eigenvalue weighted by Gasteiger charge is -2.09. The number of hydrogen-bond donors (Lipinski definition) is 1. The summed E-state index contributed by atoms with van der Waals surface area (Å²) in [5.41, 5.74) is 0. The summed E-state index contributed by atoms with van der Waals surface area (Å²) < 4.78 is 34.1. The standard InChI is InChI=1S/C12H26O.H2O4S/c1-3-4-5-6-9-12(2)10-7-8-11-13;1-5(2,3)4/h12-13H,3-11H2,1-2H3;(H2,1,2,3,4)/p-2. The van der Waals surface area contributed by atoms with Crippen LogP contribution in [0.3, 0.4) is 0 Å². The summed E-state index contributed by atoms with van der Waals surface area (Å²) in [4.78, 5) is 0. The van der Waals surface area contributed by atoms with E-state index in [-0.39, 0.29) is 0 Å². The van der Waals surface area contributed by atoms with Crippen molar-refractivity contribution in [2.24, 2.45) is 5.92 Å². The molecule has 0 amide bonds. The molecule has 0 aliphatic rings. The van der Waals surface area contributed by atoms with Crippen LogP contribution in [0.15, 0.2) is 0 Å². The Morgan fingerprint density at radius 3 is 1.83 bits per heavy atom. The van der Waals surface area contributed by atoms with Gasteiger partial charge < -0.3 is 14.2 Å². The molecule has 1 N–H and O–H groups in total. The van der Waals surface area contributed by atoms with Crippen LogP contribution in [0.25, 0.3) is 0 Å². The highest BCUT2D eigenvalue weighted by Gasteiger charge is 2.00. The van der Waals surface area contributed by atoms with Gasteiger partial charge in [-0.2, -0.15) is 0 Å². The van der Waals surface area contributed by atoms with E-state index in [2.05, 4.69) is 13.8 Å². The van der Waals surface area contributed by atoms with Crippen molar-refractivity contribution in [1.29, 1.82) is 0 Å². The quantitative estimate of drug-likeness (QED) is 0.397. The monoisotopic (exact) mass is 282 g/mol. The van der Waals surface area contributed by atoms with Crippen molar-refractivity contribution in [2.75, 3.05) is 6.61 Å². The van der Waals surface area contributed by atoms with E-state index in [0.29, 0.717) is 6.61 Å². The summed E-state index contributed by atoms with van der Waals surface area (Å²) in [5, 5.41) is 8.63. The lowest BCUT2D eigenvalue weighted by molar-refractivity contribution is 0.277. The average Bonchev–Trinajstić information content (AvgIpc) is 2.22. The lowest BCUT2D eigenvalue weighted by Crippen LogP contribution is -1.95. The molecular formula is C12H26O5S-2. The first kappa shape index (κ1) is 20.2. The van der Waals surface area contributed by atoms with Crippen molar-refractivity contribution in [3.8, 4) is 0 Å². The first-order valence-electron chi connectivity index (χ1n) is 6.58. The van der Waals surface area contributed by atoms with Gasteiger partial charge in [0.05, 0.1) is 0 Å². The Bertz CT molecular complexity index is 243. The molecular weight excluding hydrogens is 256 g/mol. The van der Waals surface area contributed by atoms with Gasteiger partial charge in [-0.1, -0.05) is 58.8 Å². The van der Waals surface area contributed by atoms with E-state index in [4.69, 9.17) is 22.6 Å². The van der Waals surface area contributed by atoms with Gasteiger partial charge in [0.25, 0.3) is 0 Å². The summed E-state index contributed by atoms with van der Waals surface area (Å²) >= 11 is 0. The van der Waals surface area contributed by atoms with E-state index in [9.17, 15) is 0 Å². The molecule has 0 rings (SSSR count). The zero-order valence-corrected chi connectivity index (χ0v) is 12.2. The van der Waals surface area contributed by atoms with Gasteiger partial charge in [-0.15, -0.1) is 0 Å². The Balaban J connectivity index is 0. The molecule has 0 aromatic rings. The van der Waals surface area contributed by atoms with Crippen molar-refractivity contribution in [1.82, 2.24) is 0 Å². The molecule has 1 unspecified atom stereocenters. The Hall–Kier alpha value is -0.170. The second kappa shape index (κ2) is 13.3. The van der Waals surface area contributed by atoms with E-state index in [1.165, 1.54) is 44.9 Å². The highest BCUT2D eigenvalue weighted by molar-refractivity contribution is 7.79. The minimum absolute atomic E-state index is 0.364. The Morgan fingerprint density at radius 2 is 1.44 bits per heavy atom. The van der Waals surface area contributed by atoms with Crippen LogP contribution < -0.4 is 0 Å². The maximum atomic E-state index is 8.63. The molecule has 112 valence electrons. The summed E-state index contributed by atoms with van der Waals surface area (Å²) in [7, 11) is -5.17. The van der Waals surface area contributed by atoms with Gasteiger partial charge in [0.1, 0.15) is 0 Å². The lowest BCUT2D eigenvalue weighted by atomic mass is 9.97. The minimum atomic E-state index is -5.17. The van der Waals surface area contributed by atoms with E-state index < -0.39 is 10.4 Å². The SMILES string of the molecule is CCCCCCC(C)CCCCO.O=S(=O)([O-])[O-]. The maximum absolute atomic E-state index is 8.63. The van der Waals surface area contributed by atoms with Crippen molar-refractivity contribution >= 4 is 10.4 Å². The van der Waals surface area contributed by atoms with E-state index in [0.717, 1.165) is 12.3 Å². The van der Waals surface area contributed by atoms with Crippen LogP contribution in [0.5, 0.6) is 0 Å². The van der Waals surface area contributed by atoms with Crippen molar-refractivity contribution in [2.45, 2.75) is 65.2 Å². The minimum Gasteiger partial charge on any atom is -0.759 e. The fourth-order valence-electron chi connectivity index (χ4n) is 1.67. The summed E-state index contributed by atoms with van der Waals surface area (Å²) in [6.45, 7) is 4.95. The van der Waals surface area contributed by atoms with E-state index >= 15 is 0 Å². The van der Waals surface area contributed by atoms with Crippen LogP contribution in [0.1, 0.15) is 65.2 Å². The molecule has 0 bridgehead atoms. The molecule has 0 spiro atoms. The Morgan fingerprint density at radius 1 is 1.00 bits per heavy atom. The van der Waals surface area contributed by atoms with Gasteiger partial charge in [-0.05, 0) is 12.3 Å². The van der Waals surface area contributed by atoms with Crippen molar-refractivity contribution in [3.05, 3.63) is 0 Å². The van der Waals surface area contributed by atoms with Gasteiger partial charge in [0, 0.05) is 17.0 Å². The van der Waals surface area contributed by atoms with Crippen LogP contribution >= 0.6 is 0 Å². The fraction of sp³-hybridized carbons (Fsp3) is 1.00. The molecule has 6 heteroatoms. The number of aliphatic hydroxyl groups excluding tert-OH is 1. The van der Waals surface area contributed by atoms with E-state index in [1.807, 2.05) is 0 Å². The molecule has 0 radical (unpaired) electrons. The van der Waals surface area contributed by atoms with Gasteiger partial charge in [-0.25, -0.2) is 0 Å². The van der Waals surface area contributed by atoms with Gasteiger partial charge in [0.15, 0.2) is 0 Å². The first-order valence-corrected chi connectivity index (χ1v) is 7.92. The molecule has 0 saturated carbocycles. The molecule has 0 saturated heterocycles. The van der Waals surface area contributed by atoms with Crippen LogP contribution in [0.2, 0.25) is 0 Å². The van der Waals surface area contributed by atoms with E-state index in [1.54, 1.807) is 0 Å². The van der Waals surface area contributed by atoms with Gasteiger partial charge in [0.2, 0.25) is 0 Å². The van der Waals surface area contributed by atoms with Crippen LogP contribution in [-0.2, 0) is 10.4 Å². The number of unbranched alkanes of at least 4 members (excludes halogenated alkanes) is 4. The molecule has 0 aromatic carbocycles.